The van der Waals surface area contributed by atoms with Crippen LogP contribution in [0.1, 0.15) is 23.2 Å². The van der Waals surface area contributed by atoms with Gasteiger partial charge in [-0.1, -0.05) is 0 Å². The van der Waals surface area contributed by atoms with Crippen LogP contribution in [0.2, 0.25) is 0 Å². The lowest BCUT2D eigenvalue weighted by atomic mass is 9.84. The molecule has 1 atom stereocenters. The highest BCUT2D eigenvalue weighted by Crippen LogP contribution is 2.28. The van der Waals surface area contributed by atoms with Crippen molar-refractivity contribution in [1.82, 2.24) is 20.2 Å². The Bertz CT molecular complexity index is 686. The molecule has 3 saturated heterocycles. The quantitative estimate of drug-likeness (QED) is 0.718. The molecule has 2 bridgehead atoms. The minimum absolute atomic E-state index is 0.0501. The molecule has 6 heteroatoms. The van der Waals surface area contributed by atoms with Crippen LogP contribution in [0.4, 0.5) is 5.69 Å². The molecular formula is C15H19N5O. The number of imidazole rings is 1. The molecule has 1 amide bonds. The monoisotopic (exact) mass is 285 g/mol. The van der Waals surface area contributed by atoms with E-state index in [-0.39, 0.29) is 11.9 Å². The van der Waals surface area contributed by atoms with E-state index >= 15 is 0 Å². The van der Waals surface area contributed by atoms with Crippen molar-refractivity contribution in [1.29, 1.82) is 0 Å². The summed E-state index contributed by atoms with van der Waals surface area (Å²) >= 11 is 0. The van der Waals surface area contributed by atoms with Gasteiger partial charge in [0.2, 0.25) is 0 Å². The van der Waals surface area contributed by atoms with Crippen molar-refractivity contribution in [3.63, 3.8) is 0 Å². The number of aromatic nitrogens is 2. The minimum Gasteiger partial charge on any atom is -0.397 e. The van der Waals surface area contributed by atoms with E-state index in [0.29, 0.717) is 22.7 Å². The van der Waals surface area contributed by atoms with Gasteiger partial charge < -0.3 is 20.9 Å². The van der Waals surface area contributed by atoms with Crippen LogP contribution in [0.3, 0.4) is 0 Å². The van der Waals surface area contributed by atoms with Crippen molar-refractivity contribution in [3.05, 3.63) is 24.0 Å². The molecular weight excluding hydrogens is 266 g/mol. The lowest BCUT2D eigenvalue weighted by Crippen LogP contribution is -2.57. The van der Waals surface area contributed by atoms with Crippen LogP contribution < -0.4 is 11.1 Å². The number of piperidine rings is 3. The van der Waals surface area contributed by atoms with Crippen LogP contribution in [0.5, 0.6) is 0 Å². The number of hydrogen-bond donors (Lipinski definition) is 3. The maximum Gasteiger partial charge on any atom is 0.253 e. The zero-order valence-electron chi connectivity index (χ0n) is 11.8. The Morgan fingerprint density at radius 2 is 2.19 bits per heavy atom. The Morgan fingerprint density at radius 1 is 1.38 bits per heavy atom. The molecule has 2 aromatic rings. The third-order valence-electron chi connectivity index (χ3n) is 4.83. The van der Waals surface area contributed by atoms with Crippen LogP contribution >= 0.6 is 0 Å². The molecule has 1 aromatic heterocycles. The Balaban J connectivity index is 1.59. The number of nitrogen functional groups attached to an aromatic ring is 1. The second-order valence-corrected chi connectivity index (χ2v) is 6.05. The summed E-state index contributed by atoms with van der Waals surface area (Å²) in [6.45, 7) is 3.31. The van der Waals surface area contributed by atoms with Gasteiger partial charge in [-0.3, -0.25) is 4.79 Å². The highest BCUT2D eigenvalue weighted by molar-refractivity contribution is 6.07. The number of aromatic amines is 1. The number of fused-ring (bicyclic) bond motifs is 4. The smallest absolute Gasteiger partial charge is 0.253 e. The summed E-state index contributed by atoms with van der Waals surface area (Å²) in [5.41, 5.74) is 8.48. The van der Waals surface area contributed by atoms with Crippen LogP contribution in [0, 0.1) is 5.92 Å². The first-order chi connectivity index (χ1) is 10.2. The molecule has 1 aromatic carbocycles. The van der Waals surface area contributed by atoms with Gasteiger partial charge >= 0.3 is 0 Å². The fourth-order valence-corrected chi connectivity index (χ4v) is 3.61. The van der Waals surface area contributed by atoms with Crippen molar-refractivity contribution in [3.8, 4) is 0 Å². The van der Waals surface area contributed by atoms with Crippen LogP contribution in [0.25, 0.3) is 11.0 Å². The normalized spacial score (nSPS) is 27.9. The molecule has 5 rings (SSSR count). The number of nitrogens with one attached hydrogen (secondary N) is 2. The summed E-state index contributed by atoms with van der Waals surface area (Å²) in [4.78, 5) is 22.2. The second kappa shape index (κ2) is 4.73. The summed E-state index contributed by atoms with van der Waals surface area (Å²) in [6, 6.07) is 3.77. The third kappa shape index (κ3) is 2.06. The van der Waals surface area contributed by atoms with Gasteiger partial charge in [-0.05, 0) is 44.0 Å². The molecule has 0 unspecified atom stereocenters. The molecule has 3 aliphatic heterocycles. The standard InChI is InChI=1S/C15H19N5O/c16-11-2-1-10(13-14(11)18-8-17-13)15(21)19-12-7-20-5-3-9(12)4-6-20/h1-2,8-9,12H,3-7,16H2,(H,17,18)(H,19,21)/t12-/m1/s1. The van der Waals surface area contributed by atoms with E-state index in [1.165, 1.54) is 25.9 Å². The van der Waals surface area contributed by atoms with E-state index in [9.17, 15) is 4.79 Å². The summed E-state index contributed by atoms with van der Waals surface area (Å²) < 4.78 is 0. The zero-order chi connectivity index (χ0) is 14.4. The number of rotatable bonds is 2. The van der Waals surface area contributed by atoms with Crippen molar-refractivity contribution < 1.29 is 4.79 Å². The SMILES string of the molecule is Nc1ccc(C(=O)N[C@@H]2CN3CCC2CC3)c2nc[nH]c12. The number of amides is 1. The van der Waals surface area contributed by atoms with Gasteiger partial charge in [0.05, 0.1) is 23.1 Å². The molecule has 0 radical (unpaired) electrons. The van der Waals surface area contributed by atoms with Gasteiger partial charge in [-0.25, -0.2) is 4.98 Å². The average molecular weight is 285 g/mol. The molecule has 3 aliphatic rings. The number of carbonyl (C=O) groups is 1. The van der Waals surface area contributed by atoms with Crippen LogP contribution in [-0.2, 0) is 0 Å². The zero-order valence-corrected chi connectivity index (χ0v) is 11.8. The van der Waals surface area contributed by atoms with Gasteiger partial charge in [-0.2, -0.15) is 0 Å². The third-order valence-corrected chi connectivity index (χ3v) is 4.83. The first kappa shape index (κ1) is 12.6. The molecule has 4 N–H and O–H groups in total. The Labute approximate surface area is 122 Å². The van der Waals surface area contributed by atoms with E-state index in [2.05, 4.69) is 20.2 Å². The lowest BCUT2D eigenvalue weighted by molar-refractivity contribution is 0.0621. The van der Waals surface area contributed by atoms with Crippen molar-refractivity contribution in [2.75, 3.05) is 25.4 Å². The van der Waals surface area contributed by atoms with Gasteiger partial charge in [0, 0.05) is 12.6 Å². The fourth-order valence-electron chi connectivity index (χ4n) is 3.61. The predicted octanol–water partition coefficient (Wildman–Crippen LogP) is 0.969. The van der Waals surface area contributed by atoms with E-state index in [4.69, 9.17) is 5.73 Å². The summed E-state index contributed by atoms with van der Waals surface area (Å²) in [5.74, 6) is 0.563. The van der Waals surface area contributed by atoms with Gasteiger partial charge in [0.15, 0.2) is 0 Å². The summed E-state index contributed by atoms with van der Waals surface area (Å²) in [5, 5.41) is 3.19. The number of nitrogens with zero attached hydrogens (tertiary/aromatic N) is 2. The Morgan fingerprint density at radius 3 is 2.90 bits per heavy atom. The Kier molecular flexibility index (Phi) is 2.85. The molecule has 6 nitrogen and oxygen atoms in total. The molecule has 4 heterocycles. The fraction of sp³-hybridized carbons (Fsp3) is 0.467. The number of hydrogen-bond acceptors (Lipinski definition) is 4. The van der Waals surface area contributed by atoms with E-state index in [1.54, 1.807) is 18.5 Å². The molecule has 0 spiro atoms. The highest BCUT2D eigenvalue weighted by Gasteiger charge is 2.35. The van der Waals surface area contributed by atoms with Crippen molar-refractivity contribution in [2.24, 2.45) is 5.92 Å². The highest BCUT2D eigenvalue weighted by atomic mass is 16.1. The molecule has 21 heavy (non-hydrogen) atoms. The van der Waals surface area contributed by atoms with Crippen molar-refractivity contribution >= 4 is 22.6 Å². The number of benzene rings is 1. The Hall–Kier alpha value is -2.08. The van der Waals surface area contributed by atoms with Crippen LogP contribution in [-0.4, -0.2) is 46.5 Å². The van der Waals surface area contributed by atoms with Gasteiger partial charge in [0.1, 0.15) is 5.52 Å². The molecule has 0 aliphatic carbocycles. The second-order valence-electron chi connectivity index (χ2n) is 6.05. The number of carbonyl (C=O) groups excluding carboxylic acids is 1. The van der Waals surface area contributed by atoms with E-state index in [1.807, 2.05) is 0 Å². The lowest BCUT2D eigenvalue weighted by Gasteiger charge is -2.44. The number of H-pyrrole nitrogens is 1. The topological polar surface area (TPSA) is 87.0 Å². The number of anilines is 1. The predicted molar refractivity (Wildman–Crippen MR) is 80.9 cm³/mol. The first-order valence-corrected chi connectivity index (χ1v) is 7.47. The average Bonchev–Trinajstić information content (AvgIpc) is 2.99. The molecule has 0 saturated carbocycles. The van der Waals surface area contributed by atoms with Crippen molar-refractivity contribution in [2.45, 2.75) is 18.9 Å². The number of nitrogens with two attached hydrogens (primary N) is 1. The largest absolute Gasteiger partial charge is 0.397 e. The maximum absolute atomic E-state index is 12.6. The minimum atomic E-state index is -0.0501. The van der Waals surface area contributed by atoms with E-state index < -0.39 is 0 Å². The van der Waals surface area contributed by atoms with Crippen LogP contribution in [0.15, 0.2) is 18.5 Å². The summed E-state index contributed by atoms with van der Waals surface area (Å²) in [6.07, 6.45) is 3.95. The molecule has 110 valence electrons. The van der Waals surface area contributed by atoms with Gasteiger partial charge in [0.25, 0.3) is 5.91 Å². The maximum atomic E-state index is 12.6. The molecule has 3 fully saturated rings. The van der Waals surface area contributed by atoms with Gasteiger partial charge in [-0.15, -0.1) is 0 Å². The first-order valence-electron chi connectivity index (χ1n) is 7.47. The summed E-state index contributed by atoms with van der Waals surface area (Å²) in [7, 11) is 0. The van der Waals surface area contributed by atoms with E-state index in [0.717, 1.165) is 12.1 Å².